The number of nitrogens with two attached hydrogens (primary N) is 1. The SMILES string of the molecule is COCCOc1cc2c(cc1CC(C)N)OCO2. The predicted octanol–water partition coefficient (Wildman–Crippen LogP) is 1.33. The second-order valence-electron chi connectivity index (χ2n) is 4.34. The van der Waals surface area contributed by atoms with Crippen molar-refractivity contribution in [2.75, 3.05) is 27.1 Å². The standard InChI is InChI=1S/C13H19NO4/c1-9(14)5-10-6-12-13(18-8-17-12)7-11(10)16-4-3-15-2/h6-7,9H,3-5,8,14H2,1-2H3. The fourth-order valence-electron chi connectivity index (χ4n) is 1.84. The molecule has 0 amide bonds. The summed E-state index contributed by atoms with van der Waals surface area (Å²) in [6.07, 6.45) is 0.735. The number of hydrogen-bond acceptors (Lipinski definition) is 5. The maximum Gasteiger partial charge on any atom is 0.231 e. The van der Waals surface area contributed by atoms with E-state index >= 15 is 0 Å². The lowest BCUT2D eigenvalue weighted by Gasteiger charge is -2.14. The first-order chi connectivity index (χ1) is 8.70. The third kappa shape index (κ3) is 3.05. The Kier molecular flexibility index (Phi) is 4.28. The average Bonchev–Trinajstić information content (AvgIpc) is 2.75. The van der Waals surface area contributed by atoms with Crippen molar-refractivity contribution in [3.8, 4) is 17.2 Å². The Hall–Kier alpha value is -1.46. The van der Waals surface area contributed by atoms with Crippen LogP contribution in [-0.4, -0.2) is 33.2 Å². The molecule has 18 heavy (non-hydrogen) atoms. The minimum Gasteiger partial charge on any atom is -0.491 e. The van der Waals surface area contributed by atoms with E-state index in [1.807, 2.05) is 19.1 Å². The minimum absolute atomic E-state index is 0.0650. The molecule has 1 atom stereocenters. The van der Waals surface area contributed by atoms with E-state index < -0.39 is 0 Å². The summed E-state index contributed by atoms with van der Waals surface area (Å²) in [4.78, 5) is 0. The Morgan fingerprint density at radius 1 is 1.28 bits per heavy atom. The summed E-state index contributed by atoms with van der Waals surface area (Å²) in [5.41, 5.74) is 6.87. The molecule has 2 rings (SSSR count). The molecule has 1 aromatic rings. The molecule has 1 heterocycles. The van der Waals surface area contributed by atoms with Crippen LogP contribution >= 0.6 is 0 Å². The molecule has 0 aliphatic carbocycles. The highest BCUT2D eigenvalue weighted by Crippen LogP contribution is 2.38. The van der Waals surface area contributed by atoms with Crippen molar-refractivity contribution in [3.63, 3.8) is 0 Å². The second-order valence-corrected chi connectivity index (χ2v) is 4.34. The Morgan fingerprint density at radius 2 is 2.00 bits per heavy atom. The highest BCUT2D eigenvalue weighted by Gasteiger charge is 2.18. The van der Waals surface area contributed by atoms with E-state index in [0.29, 0.717) is 13.2 Å². The van der Waals surface area contributed by atoms with Crippen molar-refractivity contribution in [2.45, 2.75) is 19.4 Å². The van der Waals surface area contributed by atoms with Gasteiger partial charge in [0, 0.05) is 19.2 Å². The van der Waals surface area contributed by atoms with Crippen LogP contribution in [0.5, 0.6) is 17.2 Å². The Labute approximate surface area is 107 Å². The number of methoxy groups -OCH3 is 1. The first kappa shape index (κ1) is 13.0. The van der Waals surface area contributed by atoms with Crippen LogP contribution in [0.25, 0.3) is 0 Å². The summed E-state index contributed by atoms with van der Waals surface area (Å²) in [5.74, 6) is 2.26. The van der Waals surface area contributed by atoms with E-state index in [9.17, 15) is 0 Å². The molecular weight excluding hydrogens is 234 g/mol. The number of hydrogen-bond donors (Lipinski definition) is 1. The zero-order valence-electron chi connectivity index (χ0n) is 10.8. The molecule has 1 aliphatic heterocycles. The quantitative estimate of drug-likeness (QED) is 0.775. The van der Waals surface area contributed by atoms with Gasteiger partial charge < -0.3 is 24.7 Å². The van der Waals surface area contributed by atoms with Gasteiger partial charge in [0.05, 0.1) is 6.61 Å². The average molecular weight is 253 g/mol. The Bertz CT molecular complexity index is 406. The van der Waals surface area contributed by atoms with E-state index in [0.717, 1.165) is 29.2 Å². The van der Waals surface area contributed by atoms with Gasteiger partial charge >= 0.3 is 0 Å². The third-order valence-electron chi connectivity index (χ3n) is 2.64. The summed E-state index contributed by atoms with van der Waals surface area (Å²) < 4.78 is 21.4. The van der Waals surface area contributed by atoms with E-state index in [-0.39, 0.29) is 12.8 Å². The summed E-state index contributed by atoms with van der Waals surface area (Å²) in [5, 5.41) is 0. The molecule has 1 unspecified atom stereocenters. The second kappa shape index (κ2) is 5.93. The van der Waals surface area contributed by atoms with Crippen molar-refractivity contribution >= 4 is 0 Å². The molecule has 0 spiro atoms. The monoisotopic (exact) mass is 253 g/mol. The Morgan fingerprint density at radius 3 is 2.67 bits per heavy atom. The molecule has 5 heteroatoms. The van der Waals surface area contributed by atoms with Crippen LogP contribution in [-0.2, 0) is 11.2 Å². The molecule has 0 saturated carbocycles. The molecule has 0 radical (unpaired) electrons. The van der Waals surface area contributed by atoms with Crippen LogP contribution in [0.3, 0.4) is 0 Å². The van der Waals surface area contributed by atoms with Crippen molar-refractivity contribution < 1.29 is 18.9 Å². The largest absolute Gasteiger partial charge is 0.491 e. The lowest BCUT2D eigenvalue weighted by atomic mass is 10.1. The maximum absolute atomic E-state index is 5.84. The van der Waals surface area contributed by atoms with Gasteiger partial charge in [-0.05, 0) is 25.0 Å². The van der Waals surface area contributed by atoms with Crippen molar-refractivity contribution in [2.24, 2.45) is 5.73 Å². The van der Waals surface area contributed by atoms with E-state index in [4.69, 9.17) is 24.7 Å². The predicted molar refractivity (Wildman–Crippen MR) is 67.3 cm³/mol. The van der Waals surface area contributed by atoms with Crippen LogP contribution in [0.2, 0.25) is 0 Å². The Balaban J connectivity index is 2.18. The summed E-state index contributed by atoms with van der Waals surface area (Å²) in [7, 11) is 1.64. The molecule has 0 saturated heterocycles. The third-order valence-corrected chi connectivity index (χ3v) is 2.64. The first-order valence-electron chi connectivity index (χ1n) is 6.00. The topological polar surface area (TPSA) is 62.9 Å². The summed E-state index contributed by atoms with van der Waals surface area (Å²) in [6, 6.07) is 3.86. The van der Waals surface area contributed by atoms with Gasteiger partial charge in [0.25, 0.3) is 0 Å². The molecule has 1 aliphatic rings. The van der Waals surface area contributed by atoms with Gasteiger partial charge in [0.1, 0.15) is 12.4 Å². The van der Waals surface area contributed by atoms with E-state index in [1.165, 1.54) is 0 Å². The van der Waals surface area contributed by atoms with Crippen molar-refractivity contribution in [3.05, 3.63) is 17.7 Å². The number of benzene rings is 1. The maximum atomic E-state index is 5.84. The number of fused-ring (bicyclic) bond motifs is 1. The molecule has 1 aromatic carbocycles. The lowest BCUT2D eigenvalue weighted by Crippen LogP contribution is -2.18. The van der Waals surface area contributed by atoms with E-state index in [1.54, 1.807) is 7.11 Å². The van der Waals surface area contributed by atoms with E-state index in [2.05, 4.69) is 0 Å². The molecule has 2 N–H and O–H groups in total. The highest BCUT2D eigenvalue weighted by molar-refractivity contribution is 5.52. The van der Waals surface area contributed by atoms with Gasteiger partial charge in [0.2, 0.25) is 6.79 Å². The smallest absolute Gasteiger partial charge is 0.231 e. The molecule has 0 bridgehead atoms. The van der Waals surface area contributed by atoms with Gasteiger partial charge in [-0.15, -0.1) is 0 Å². The fourth-order valence-corrected chi connectivity index (χ4v) is 1.84. The van der Waals surface area contributed by atoms with Gasteiger partial charge in [-0.3, -0.25) is 0 Å². The molecule has 0 aromatic heterocycles. The fraction of sp³-hybridized carbons (Fsp3) is 0.538. The molecule has 0 fully saturated rings. The van der Waals surface area contributed by atoms with Gasteiger partial charge in [0.15, 0.2) is 11.5 Å². The lowest BCUT2D eigenvalue weighted by molar-refractivity contribution is 0.145. The summed E-state index contributed by atoms with van der Waals surface area (Å²) in [6.45, 7) is 3.27. The van der Waals surface area contributed by atoms with Crippen LogP contribution < -0.4 is 19.9 Å². The van der Waals surface area contributed by atoms with Crippen LogP contribution in [0.15, 0.2) is 12.1 Å². The summed E-state index contributed by atoms with van der Waals surface area (Å²) >= 11 is 0. The minimum atomic E-state index is 0.0650. The molecule has 5 nitrogen and oxygen atoms in total. The molecule has 100 valence electrons. The van der Waals surface area contributed by atoms with Gasteiger partial charge in [-0.1, -0.05) is 0 Å². The van der Waals surface area contributed by atoms with Crippen LogP contribution in [0.1, 0.15) is 12.5 Å². The first-order valence-corrected chi connectivity index (χ1v) is 6.00. The van der Waals surface area contributed by atoms with Gasteiger partial charge in [-0.25, -0.2) is 0 Å². The zero-order valence-corrected chi connectivity index (χ0v) is 10.8. The van der Waals surface area contributed by atoms with Crippen LogP contribution in [0, 0.1) is 0 Å². The number of rotatable bonds is 6. The normalized spacial score (nSPS) is 14.6. The van der Waals surface area contributed by atoms with Crippen molar-refractivity contribution in [1.82, 2.24) is 0 Å². The van der Waals surface area contributed by atoms with Crippen molar-refractivity contribution in [1.29, 1.82) is 0 Å². The highest BCUT2D eigenvalue weighted by atomic mass is 16.7. The zero-order chi connectivity index (χ0) is 13.0. The van der Waals surface area contributed by atoms with Crippen LogP contribution in [0.4, 0.5) is 0 Å². The van der Waals surface area contributed by atoms with Gasteiger partial charge in [-0.2, -0.15) is 0 Å². The number of ether oxygens (including phenoxy) is 4. The molecular formula is C13H19NO4.